The number of amides is 2. The second kappa shape index (κ2) is 8.33. The number of fused-ring (bicyclic) bond motifs is 1. The smallest absolute Gasteiger partial charge is 0.286 e. The van der Waals surface area contributed by atoms with Gasteiger partial charge in [-0.2, -0.15) is 0 Å². The molecule has 0 aliphatic carbocycles. The first kappa shape index (κ1) is 22.5. The van der Waals surface area contributed by atoms with E-state index in [4.69, 9.17) is 9.47 Å². The van der Waals surface area contributed by atoms with Crippen molar-refractivity contribution in [2.75, 3.05) is 6.61 Å². The highest BCUT2D eigenvalue weighted by atomic mass is 32.2. The molecule has 3 N–H and O–H groups in total. The van der Waals surface area contributed by atoms with Crippen molar-refractivity contribution in [3.63, 3.8) is 0 Å². The Labute approximate surface area is 191 Å². The predicted molar refractivity (Wildman–Crippen MR) is 121 cm³/mol. The lowest BCUT2D eigenvalue weighted by Gasteiger charge is -2.40. The lowest BCUT2D eigenvalue weighted by Crippen LogP contribution is -2.44. The minimum absolute atomic E-state index is 0.196. The van der Waals surface area contributed by atoms with Gasteiger partial charge >= 0.3 is 0 Å². The van der Waals surface area contributed by atoms with Crippen molar-refractivity contribution in [2.45, 2.75) is 57.5 Å². The fourth-order valence-corrected chi connectivity index (χ4v) is 5.11. The predicted octanol–water partition coefficient (Wildman–Crippen LogP) is 3.87. The van der Waals surface area contributed by atoms with E-state index in [1.807, 2.05) is 45.0 Å². The number of aliphatic hydroxyl groups is 1. The van der Waals surface area contributed by atoms with Crippen molar-refractivity contribution in [2.24, 2.45) is 0 Å². The van der Waals surface area contributed by atoms with Crippen molar-refractivity contribution < 1.29 is 29.3 Å². The summed E-state index contributed by atoms with van der Waals surface area (Å²) in [4.78, 5) is 23.1. The number of ether oxygens (including phenoxy) is 2. The van der Waals surface area contributed by atoms with Crippen LogP contribution in [0.5, 0.6) is 17.2 Å². The fourth-order valence-electron chi connectivity index (χ4n) is 4.25. The van der Waals surface area contributed by atoms with Gasteiger partial charge < -0.3 is 19.7 Å². The van der Waals surface area contributed by atoms with E-state index in [0.29, 0.717) is 35.5 Å². The van der Waals surface area contributed by atoms with E-state index in [1.54, 1.807) is 6.92 Å². The highest BCUT2D eigenvalue weighted by Gasteiger charge is 2.40. The van der Waals surface area contributed by atoms with E-state index >= 15 is 0 Å². The molecule has 1 saturated heterocycles. The van der Waals surface area contributed by atoms with Crippen LogP contribution in [0.15, 0.2) is 24.3 Å². The Bertz CT molecular complexity index is 1080. The number of hydrogen-bond donors (Lipinski definition) is 3. The molecule has 1 fully saturated rings. The van der Waals surface area contributed by atoms with Crippen LogP contribution in [-0.2, 0) is 11.2 Å². The normalized spacial score (nSPS) is 24.7. The third-order valence-corrected chi connectivity index (χ3v) is 7.21. The number of phenolic OH excluding ortho intramolecular Hbond substituents is 1. The zero-order chi connectivity index (χ0) is 23.2. The average molecular weight is 458 g/mol. The van der Waals surface area contributed by atoms with Gasteiger partial charge in [0.1, 0.15) is 29.5 Å². The summed E-state index contributed by atoms with van der Waals surface area (Å²) in [5.74, 6) is 1.20. The van der Waals surface area contributed by atoms with Crippen LogP contribution in [0.3, 0.4) is 0 Å². The quantitative estimate of drug-likeness (QED) is 0.626. The highest BCUT2D eigenvalue weighted by Crippen LogP contribution is 2.47. The fraction of sp³-hybridized carbons (Fsp3) is 0.417. The van der Waals surface area contributed by atoms with Crippen LogP contribution in [0.25, 0.3) is 0 Å². The molecule has 0 saturated carbocycles. The number of carbonyl (C=O) groups excluding carboxylic acids is 2. The molecule has 0 aromatic heterocycles. The van der Waals surface area contributed by atoms with E-state index in [1.165, 1.54) is 0 Å². The number of imide groups is 1. The Morgan fingerprint density at radius 3 is 2.47 bits per heavy atom. The van der Waals surface area contributed by atoms with Gasteiger partial charge in [-0.15, -0.1) is 0 Å². The van der Waals surface area contributed by atoms with Gasteiger partial charge in [0.2, 0.25) is 5.91 Å². The summed E-state index contributed by atoms with van der Waals surface area (Å²) in [5.41, 5.74) is 3.02. The number of nitrogens with one attached hydrogen (secondary N) is 1. The van der Waals surface area contributed by atoms with Crippen molar-refractivity contribution in [3.8, 4) is 17.2 Å². The topological polar surface area (TPSA) is 105 Å². The third-order valence-electron chi connectivity index (χ3n) is 6.22. The molecule has 0 radical (unpaired) electrons. The van der Waals surface area contributed by atoms with Crippen molar-refractivity contribution in [1.29, 1.82) is 0 Å². The lowest BCUT2D eigenvalue weighted by atomic mass is 9.85. The van der Waals surface area contributed by atoms with E-state index in [9.17, 15) is 19.8 Å². The van der Waals surface area contributed by atoms with Crippen LogP contribution in [0.2, 0.25) is 0 Å². The van der Waals surface area contributed by atoms with Crippen LogP contribution >= 0.6 is 11.8 Å². The summed E-state index contributed by atoms with van der Waals surface area (Å²) in [7, 11) is 0. The molecular weight excluding hydrogens is 430 g/mol. The Hall–Kier alpha value is -2.71. The molecule has 2 aromatic rings. The SMILES string of the molecule is Cc1c(C)c2c(c(C)c1O)C(O)CC(C)(COc1ccc(CC3SC(=O)NC3=O)cc1)O2. The second-order valence-electron chi connectivity index (χ2n) is 8.76. The van der Waals surface area contributed by atoms with Gasteiger partial charge in [0.25, 0.3) is 5.24 Å². The van der Waals surface area contributed by atoms with Crippen LogP contribution in [0, 0.1) is 20.8 Å². The van der Waals surface area contributed by atoms with E-state index in [0.717, 1.165) is 28.5 Å². The van der Waals surface area contributed by atoms with Crippen molar-refractivity contribution in [3.05, 3.63) is 52.1 Å². The summed E-state index contributed by atoms with van der Waals surface area (Å²) in [5, 5.41) is 22.8. The summed E-state index contributed by atoms with van der Waals surface area (Å²) < 4.78 is 12.3. The number of rotatable bonds is 5. The third kappa shape index (κ3) is 4.17. The van der Waals surface area contributed by atoms with Crippen LogP contribution in [0.1, 0.15) is 47.3 Å². The molecule has 2 aliphatic heterocycles. The summed E-state index contributed by atoms with van der Waals surface area (Å²) in [6.45, 7) is 7.63. The Kier molecular flexibility index (Phi) is 5.85. The van der Waals surface area contributed by atoms with Gasteiger partial charge in [-0.05, 0) is 62.9 Å². The molecule has 0 spiro atoms. The van der Waals surface area contributed by atoms with E-state index in [2.05, 4.69) is 5.32 Å². The number of benzene rings is 2. The number of carbonyl (C=O) groups is 2. The standard InChI is InChI=1S/C24H27NO6S/c1-12-13(2)21-19(14(3)20(12)27)17(26)10-24(4,31-21)11-30-16-7-5-15(6-8-16)9-18-22(28)25-23(29)32-18/h5-8,17-18,26-27H,9-11H2,1-4H3,(H,25,28,29). The van der Waals surface area contributed by atoms with Gasteiger partial charge in [0.05, 0.1) is 11.4 Å². The maximum absolute atomic E-state index is 11.7. The average Bonchev–Trinajstić information content (AvgIpc) is 3.06. The molecule has 2 heterocycles. The highest BCUT2D eigenvalue weighted by molar-refractivity contribution is 8.15. The molecule has 7 nitrogen and oxygen atoms in total. The molecule has 8 heteroatoms. The molecule has 0 bridgehead atoms. The molecular formula is C24H27NO6S. The summed E-state index contributed by atoms with van der Waals surface area (Å²) in [6, 6.07) is 7.39. The Balaban J connectivity index is 1.44. The maximum atomic E-state index is 11.7. The zero-order valence-corrected chi connectivity index (χ0v) is 19.3. The van der Waals surface area contributed by atoms with Gasteiger partial charge in [0.15, 0.2) is 0 Å². The molecule has 2 aliphatic rings. The van der Waals surface area contributed by atoms with Crippen molar-refractivity contribution in [1.82, 2.24) is 5.32 Å². The molecule has 2 aromatic carbocycles. The largest absolute Gasteiger partial charge is 0.507 e. The molecule has 3 unspecified atom stereocenters. The van der Waals surface area contributed by atoms with Gasteiger partial charge in [-0.25, -0.2) is 0 Å². The summed E-state index contributed by atoms with van der Waals surface area (Å²) >= 11 is 1.01. The maximum Gasteiger partial charge on any atom is 0.286 e. The number of thioether (sulfide) groups is 1. The first-order valence-electron chi connectivity index (χ1n) is 10.5. The molecule has 32 heavy (non-hydrogen) atoms. The van der Waals surface area contributed by atoms with Gasteiger partial charge in [0, 0.05) is 17.5 Å². The molecule has 4 rings (SSSR count). The van der Waals surface area contributed by atoms with Gasteiger partial charge in [-0.1, -0.05) is 23.9 Å². The van der Waals surface area contributed by atoms with Crippen LogP contribution in [0.4, 0.5) is 4.79 Å². The Morgan fingerprint density at radius 1 is 1.16 bits per heavy atom. The lowest BCUT2D eigenvalue weighted by molar-refractivity contribution is -0.118. The first-order chi connectivity index (χ1) is 15.1. The van der Waals surface area contributed by atoms with E-state index in [-0.39, 0.29) is 23.5 Å². The van der Waals surface area contributed by atoms with Crippen molar-refractivity contribution >= 4 is 22.9 Å². The zero-order valence-electron chi connectivity index (χ0n) is 18.5. The van der Waals surface area contributed by atoms with E-state index < -0.39 is 17.0 Å². The minimum atomic E-state index is -0.766. The summed E-state index contributed by atoms with van der Waals surface area (Å²) in [6.07, 6.45) is 0.0396. The van der Waals surface area contributed by atoms with Crippen LogP contribution in [-0.4, -0.2) is 38.8 Å². The number of aromatic hydroxyl groups is 1. The number of phenols is 1. The molecule has 2 amide bonds. The number of hydrogen-bond acceptors (Lipinski definition) is 7. The first-order valence-corrected chi connectivity index (χ1v) is 11.4. The Morgan fingerprint density at radius 2 is 1.84 bits per heavy atom. The van der Waals surface area contributed by atoms with Gasteiger partial charge in [-0.3, -0.25) is 14.9 Å². The minimum Gasteiger partial charge on any atom is -0.507 e. The molecule has 3 atom stereocenters. The number of aliphatic hydroxyl groups excluding tert-OH is 1. The monoisotopic (exact) mass is 457 g/mol. The molecule has 170 valence electrons. The second-order valence-corrected chi connectivity index (χ2v) is 9.93. The van der Waals surface area contributed by atoms with Crippen LogP contribution < -0.4 is 14.8 Å².